The van der Waals surface area contributed by atoms with Gasteiger partial charge in [0.15, 0.2) is 0 Å². The number of likely N-dealkylation sites (N-methyl/N-ethyl adjacent to an activating group) is 1. The van der Waals surface area contributed by atoms with Gasteiger partial charge in [0.1, 0.15) is 11.6 Å². The van der Waals surface area contributed by atoms with Gasteiger partial charge in [-0.1, -0.05) is 52.3 Å². The van der Waals surface area contributed by atoms with E-state index >= 15 is 0 Å². The fraction of sp³-hybridized carbons (Fsp3) is 0.400. The van der Waals surface area contributed by atoms with E-state index in [-0.39, 0.29) is 24.3 Å². The SMILES string of the molecule is C=CC(=O)N(C)C(CO)CCCC.CC.CO.N/C(=C\c1cc[nH]c1N)c1ccccc1O. The van der Waals surface area contributed by atoms with Crippen molar-refractivity contribution in [3.05, 3.63) is 60.3 Å². The Morgan fingerprint density at radius 1 is 1.24 bits per heavy atom. The van der Waals surface area contributed by atoms with Gasteiger partial charge in [0.05, 0.1) is 12.6 Å². The van der Waals surface area contributed by atoms with Crippen molar-refractivity contribution in [1.29, 1.82) is 0 Å². The molecule has 1 aromatic carbocycles. The van der Waals surface area contributed by atoms with Crippen LogP contribution in [0.5, 0.6) is 5.75 Å². The molecule has 186 valence electrons. The molecule has 0 radical (unpaired) electrons. The molecule has 2 rings (SSSR count). The van der Waals surface area contributed by atoms with Gasteiger partial charge in [-0.25, -0.2) is 0 Å². The number of aliphatic hydroxyl groups is 2. The Bertz CT molecular complexity index is 818. The summed E-state index contributed by atoms with van der Waals surface area (Å²) in [5.74, 6) is 0.582. The van der Waals surface area contributed by atoms with Crippen molar-refractivity contribution in [2.45, 2.75) is 46.1 Å². The van der Waals surface area contributed by atoms with Gasteiger partial charge in [-0.05, 0) is 36.8 Å². The highest BCUT2D eigenvalue weighted by molar-refractivity contribution is 5.87. The molecule has 33 heavy (non-hydrogen) atoms. The second kappa shape index (κ2) is 19.5. The molecule has 1 atom stereocenters. The molecule has 1 aromatic heterocycles. The fourth-order valence-corrected chi connectivity index (χ4v) is 2.65. The maximum atomic E-state index is 11.2. The molecule has 0 saturated heterocycles. The number of carbonyl (C=O) groups is 1. The fourth-order valence-electron chi connectivity index (χ4n) is 2.65. The number of aromatic hydroxyl groups is 1. The molecular formula is C25H42N4O4. The van der Waals surface area contributed by atoms with E-state index in [9.17, 15) is 9.90 Å². The van der Waals surface area contributed by atoms with Crippen molar-refractivity contribution in [3.63, 3.8) is 0 Å². The average Bonchev–Trinajstić information content (AvgIpc) is 3.26. The van der Waals surface area contributed by atoms with E-state index in [0.29, 0.717) is 17.1 Å². The number of amides is 1. The Balaban J connectivity index is 0. The van der Waals surface area contributed by atoms with Crippen molar-refractivity contribution >= 4 is 23.5 Å². The summed E-state index contributed by atoms with van der Waals surface area (Å²) in [6.07, 6.45) is 7.68. The van der Waals surface area contributed by atoms with Gasteiger partial charge in [-0.15, -0.1) is 0 Å². The van der Waals surface area contributed by atoms with Gasteiger partial charge in [-0.3, -0.25) is 4.79 Å². The minimum absolute atomic E-state index is 0.0239. The third-order valence-electron chi connectivity index (χ3n) is 4.51. The zero-order valence-electron chi connectivity index (χ0n) is 20.6. The molecule has 0 bridgehead atoms. The van der Waals surface area contributed by atoms with Crippen molar-refractivity contribution in [3.8, 4) is 5.75 Å². The van der Waals surface area contributed by atoms with Gasteiger partial charge in [0, 0.05) is 37.2 Å². The van der Waals surface area contributed by atoms with Crippen molar-refractivity contribution < 1.29 is 20.1 Å². The maximum Gasteiger partial charge on any atom is 0.246 e. The third-order valence-corrected chi connectivity index (χ3v) is 4.51. The van der Waals surface area contributed by atoms with Gasteiger partial charge in [0.25, 0.3) is 0 Å². The first-order chi connectivity index (χ1) is 15.8. The molecule has 1 heterocycles. The van der Waals surface area contributed by atoms with Crippen LogP contribution < -0.4 is 11.5 Å². The summed E-state index contributed by atoms with van der Waals surface area (Å²) in [5.41, 5.74) is 13.5. The first-order valence-corrected chi connectivity index (χ1v) is 11.0. The van der Waals surface area contributed by atoms with E-state index in [1.165, 1.54) is 6.08 Å². The van der Waals surface area contributed by atoms with Crippen LogP contribution in [0.1, 0.15) is 51.2 Å². The molecule has 0 spiro atoms. The Hall–Kier alpha value is -3.23. The quantitative estimate of drug-likeness (QED) is 0.330. The smallest absolute Gasteiger partial charge is 0.246 e. The van der Waals surface area contributed by atoms with E-state index < -0.39 is 0 Å². The number of anilines is 1. The normalized spacial score (nSPS) is 10.8. The molecular weight excluding hydrogens is 420 g/mol. The van der Waals surface area contributed by atoms with Crippen LogP contribution in [0.25, 0.3) is 11.8 Å². The first-order valence-electron chi connectivity index (χ1n) is 11.0. The topological polar surface area (TPSA) is 149 Å². The second-order valence-corrected chi connectivity index (χ2v) is 6.60. The molecule has 8 heteroatoms. The van der Waals surface area contributed by atoms with E-state index in [2.05, 4.69) is 18.5 Å². The highest BCUT2D eigenvalue weighted by Crippen LogP contribution is 2.24. The van der Waals surface area contributed by atoms with Crippen LogP contribution in [0.3, 0.4) is 0 Å². The van der Waals surface area contributed by atoms with Gasteiger partial charge in [0.2, 0.25) is 5.91 Å². The van der Waals surface area contributed by atoms with E-state index in [1.807, 2.05) is 26.0 Å². The lowest BCUT2D eigenvalue weighted by atomic mass is 10.1. The maximum absolute atomic E-state index is 11.2. The number of hydrogen-bond donors (Lipinski definition) is 6. The summed E-state index contributed by atoms with van der Waals surface area (Å²) in [6.45, 7) is 9.52. The number of nitrogens with two attached hydrogens (primary N) is 2. The number of hydrogen-bond acceptors (Lipinski definition) is 6. The monoisotopic (exact) mass is 462 g/mol. The minimum Gasteiger partial charge on any atom is -0.507 e. The Morgan fingerprint density at radius 2 is 1.85 bits per heavy atom. The van der Waals surface area contributed by atoms with Crippen molar-refractivity contribution in [1.82, 2.24) is 9.88 Å². The summed E-state index contributed by atoms with van der Waals surface area (Å²) in [7, 11) is 2.70. The molecule has 1 amide bonds. The highest BCUT2D eigenvalue weighted by atomic mass is 16.3. The molecule has 0 aliphatic carbocycles. The largest absolute Gasteiger partial charge is 0.507 e. The Kier molecular flexibility index (Phi) is 18.8. The third kappa shape index (κ3) is 11.8. The minimum atomic E-state index is -0.129. The number of para-hydroxylation sites is 1. The van der Waals surface area contributed by atoms with Crippen LogP contribution in [0.4, 0.5) is 5.82 Å². The molecule has 8 N–H and O–H groups in total. The average molecular weight is 463 g/mol. The van der Waals surface area contributed by atoms with Gasteiger partial charge < -0.3 is 36.7 Å². The summed E-state index contributed by atoms with van der Waals surface area (Å²) in [4.78, 5) is 15.6. The molecule has 8 nitrogen and oxygen atoms in total. The van der Waals surface area contributed by atoms with Crippen LogP contribution in [0.2, 0.25) is 0 Å². The molecule has 2 aromatic rings. The van der Waals surface area contributed by atoms with Gasteiger partial charge >= 0.3 is 0 Å². The molecule has 0 fully saturated rings. The van der Waals surface area contributed by atoms with Crippen LogP contribution in [0.15, 0.2) is 49.2 Å². The number of aromatic nitrogens is 1. The first kappa shape index (κ1) is 32.0. The predicted octanol–water partition coefficient (Wildman–Crippen LogP) is 3.58. The number of carbonyl (C=O) groups excluding carboxylic acids is 1. The Labute approximate surface area is 198 Å². The number of phenols is 1. The molecule has 0 aliphatic heterocycles. The summed E-state index contributed by atoms with van der Waals surface area (Å²) < 4.78 is 0. The number of nitrogens with one attached hydrogen (secondary N) is 1. The van der Waals surface area contributed by atoms with Crippen LogP contribution >= 0.6 is 0 Å². The van der Waals surface area contributed by atoms with Crippen molar-refractivity contribution in [2.75, 3.05) is 26.5 Å². The second-order valence-electron chi connectivity index (χ2n) is 6.60. The number of phenolic OH excluding ortho intramolecular Hbond substituents is 1. The number of H-pyrrole nitrogens is 1. The van der Waals surface area contributed by atoms with E-state index in [4.69, 9.17) is 21.7 Å². The number of aromatic amines is 1. The number of nitrogen functional groups attached to an aromatic ring is 1. The summed E-state index contributed by atoms with van der Waals surface area (Å²) in [6, 6.07) is 8.67. The lowest BCUT2D eigenvalue weighted by Gasteiger charge is -2.25. The Morgan fingerprint density at radius 3 is 2.30 bits per heavy atom. The van der Waals surface area contributed by atoms with Crippen molar-refractivity contribution in [2.24, 2.45) is 5.73 Å². The van der Waals surface area contributed by atoms with Crippen LogP contribution in [-0.4, -0.2) is 57.9 Å². The zero-order valence-corrected chi connectivity index (χ0v) is 20.6. The highest BCUT2D eigenvalue weighted by Gasteiger charge is 2.15. The number of unbranched alkanes of at least 4 members (excludes halogenated alkanes) is 1. The molecule has 0 saturated carbocycles. The summed E-state index contributed by atoms with van der Waals surface area (Å²) in [5, 5.41) is 25.7. The predicted molar refractivity (Wildman–Crippen MR) is 138 cm³/mol. The zero-order chi connectivity index (χ0) is 25.8. The number of benzene rings is 1. The van der Waals surface area contributed by atoms with E-state index in [0.717, 1.165) is 31.9 Å². The van der Waals surface area contributed by atoms with Crippen LogP contribution in [-0.2, 0) is 4.79 Å². The van der Waals surface area contributed by atoms with Gasteiger partial charge in [-0.2, -0.15) is 0 Å². The lowest BCUT2D eigenvalue weighted by Crippen LogP contribution is -2.38. The van der Waals surface area contributed by atoms with E-state index in [1.54, 1.807) is 42.4 Å². The number of rotatable bonds is 8. The molecule has 1 unspecified atom stereocenters. The molecule has 0 aliphatic rings. The number of nitrogens with zero attached hydrogens (tertiary/aromatic N) is 1. The standard InChI is InChI=1S/C12H13N3O.C10H19NO2.C2H6.CH4O/c13-10(7-8-5-6-15-12(8)14)9-3-1-2-4-11(9)16;1-4-6-7-9(8-12)11(3)10(13)5-2;2*1-2/h1-7,15-16H,13-14H2;5,9,12H,2,4,6-8H2,1,3H3;1-2H3;2H,1H3/b10-7-;;;. The number of aliphatic hydroxyl groups excluding tert-OH is 2. The van der Waals surface area contributed by atoms with Crippen LogP contribution in [0, 0.1) is 0 Å². The summed E-state index contributed by atoms with van der Waals surface area (Å²) >= 11 is 0. The lowest BCUT2D eigenvalue weighted by molar-refractivity contribution is -0.127.